The molecule has 5 N–H and O–H groups in total. The number of phenols is 3. The van der Waals surface area contributed by atoms with E-state index in [4.69, 9.17) is 0 Å². The first-order chi connectivity index (χ1) is 11.4. The van der Waals surface area contributed by atoms with Gasteiger partial charge in [-0.25, -0.2) is 0 Å². The van der Waals surface area contributed by atoms with E-state index >= 15 is 0 Å². The Balaban J connectivity index is 1.71. The van der Waals surface area contributed by atoms with Crippen LogP contribution in [-0.2, 0) is 12.8 Å². The van der Waals surface area contributed by atoms with Gasteiger partial charge in [0.05, 0.1) is 12.2 Å². The Morgan fingerprint density at radius 2 is 1.21 bits per heavy atom. The number of benzene rings is 2. The van der Waals surface area contributed by atoms with Crippen molar-refractivity contribution in [3.8, 4) is 17.2 Å². The predicted molar refractivity (Wildman–Crippen MR) is 91.2 cm³/mol. The molecule has 2 atom stereocenters. The van der Waals surface area contributed by atoms with Crippen molar-refractivity contribution in [1.29, 1.82) is 0 Å². The summed E-state index contributed by atoms with van der Waals surface area (Å²) in [4.78, 5) is 0. The molecule has 130 valence electrons. The number of aromatic hydroxyl groups is 3. The van der Waals surface area contributed by atoms with Gasteiger partial charge in [-0.05, 0) is 67.5 Å². The highest BCUT2D eigenvalue weighted by atomic mass is 16.3. The number of hydrogen-bond acceptors (Lipinski definition) is 5. The summed E-state index contributed by atoms with van der Waals surface area (Å²) in [5.41, 5.74) is 1.85. The Kier molecular flexibility index (Phi) is 6.46. The van der Waals surface area contributed by atoms with Gasteiger partial charge in [-0.15, -0.1) is 0 Å². The smallest absolute Gasteiger partial charge is 0.157 e. The van der Waals surface area contributed by atoms with E-state index in [1.54, 1.807) is 18.2 Å². The number of aliphatic hydroxyl groups is 2. The molecule has 0 spiro atoms. The second-order valence-corrected chi connectivity index (χ2v) is 6.11. The van der Waals surface area contributed by atoms with Crippen LogP contribution < -0.4 is 0 Å². The van der Waals surface area contributed by atoms with Crippen molar-refractivity contribution in [2.45, 2.75) is 44.3 Å². The molecule has 2 aromatic carbocycles. The lowest BCUT2D eigenvalue weighted by Gasteiger charge is -2.16. The molecule has 0 saturated heterocycles. The molecule has 5 nitrogen and oxygen atoms in total. The highest BCUT2D eigenvalue weighted by Gasteiger charge is 2.13. The summed E-state index contributed by atoms with van der Waals surface area (Å²) in [7, 11) is 0. The Labute approximate surface area is 141 Å². The van der Waals surface area contributed by atoms with Crippen LogP contribution in [0.5, 0.6) is 17.2 Å². The summed E-state index contributed by atoms with van der Waals surface area (Å²) in [6.07, 6.45) is 1.32. The zero-order valence-electron chi connectivity index (χ0n) is 13.5. The molecule has 0 unspecified atom stereocenters. The fourth-order valence-electron chi connectivity index (χ4n) is 2.60. The number of aryl methyl sites for hydroxylation is 2. The van der Waals surface area contributed by atoms with Crippen molar-refractivity contribution in [2.24, 2.45) is 0 Å². The van der Waals surface area contributed by atoms with Crippen LogP contribution in [0.25, 0.3) is 0 Å². The highest BCUT2D eigenvalue weighted by molar-refractivity contribution is 5.40. The Hall–Kier alpha value is -2.24. The van der Waals surface area contributed by atoms with Gasteiger partial charge in [0.2, 0.25) is 0 Å². The van der Waals surface area contributed by atoms with E-state index in [9.17, 15) is 25.5 Å². The van der Waals surface area contributed by atoms with Gasteiger partial charge in [0.25, 0.3) is 0 Å². The average Bonchev–Trinajstić information content (AvgIpc) is 2.55. The summed E-state index contributed by atoms with van der Waals surface area (Å²) in [5, 5.41) is 48.0. The SMILES string of the molecule is Oc1ccc(CC[C@H](O)C[C@@H](O)CCc2ccc(O)c(O)c2)cc1. The number of aliphatic hydroxyl groups excluding tert-OH is 2. The Morgan fingerprint density at radius 3 is 1.79 bits per heavy atom. The van der Waals surface area contributed by atoms with Crippen molar-refractivity contribution in [2.75, 3.05) is 0 Å². The van der Waals surface area contributed by atoms with E-state index in [0.717, 1.165) is 11.1 Å². The van der Waals surface area contributed by atoms with Gasteiger partial charge >= 0.3 is 0 Å². The van der Waals surface area contributed by atoms with E-state index in [1.807, 2.05) is 12.1 Å². The van der Waals surface area contributed by atoms with Crippen LogP contribution in [0.4, 0.5) is 0 Å². The molecule has 0 aliphatic carbocycles. The van der Waals surface area contributed by atoms with E-state index in [-0.39, 0.29) is 17.2 Å². The third-order valence-electron chi connectivity index (χ3n) is 4.05. The summed E-state index contributed by atoms with van der Waals surface area (Å²) in [6, 6.07) is 11.5. The molecular weight excluding hydrogens is 308 g/mol. The second kappa shape index (κ2) is 8.57. The van der Waals surface area contributed by atoms with E-state index in [2.05, 4.69) is 0 Å². The van der Waals surface area contributed by atoms with Crippen molar-refractivity contribution in [1.82, 2.24) is 0 Å². The maximum absolute atomic E-state index is 10.0. The van der Waals surface area contributed by atoms with E-state index in [0.29, 0.717) is 32.1 Å². The van der Waals surface area contributed by atoms with E-state index in [1.165, 1.54) is 12.1 Å². The van der Waals surface area contributed by atoms with Crippen LogP contribution in [0.2, 0.25) is 0 Å². The Morgan fingerprint density at radius 1 is 0.667 bits per heavy atom. The standard InChI is InChI=1S/C19H24O5/c20-15-6-1-13(2-7-15)3-8-16(21)12-17(22)9-4-14-5-10-18(23)19(24)11-14/h1-2,5-7,10-11,16-17,20-24H,3-4,8-9,12H2/t16-,17-/m0/s1. The fraction of sp³-hybridized carbons (Fsp3) is 0.368. The summed E-state index contributed by atoms with van der Waals surface area (Å²) in [5.74, 6) is -0.116. The summed E-state index contributed by atoms with van der Waals surface area (Å²) in [6.45, 7) is 0. The molecule has 0 saturated carbocycles. The van der Waals surface area contributed by atoms with Gasteiger partial charge in [-0.2, -0.15) is 0 Å². The van der Waals surface area contributed by atoms with Gasteiger partial charge in [0.1, 0.15) is 5.75 Å². The highest BCUT2D eigenvalue weighted by Crippen LogP contribution is 2.25. The minimum Gasteiger partial charge on any atom is -0.508 e. The molecule has 0 amide bonds. The lowest BCUT2D eigenvalue weighted by atomic mass is 9.99. The maximum atomic E-state index is 10.0. The van der Waals surface area contributed by atoms with Crippen molar-refractivity contribution in [3.63, 3.8) is 0 Å². The van der Waals surface area contributed by atoms with Gasteiger partial charge in [0, 0.05) is 0 Å². The topological polar surface area (TPSA) is 101 Å². The first-order valence-corrected chi connectivity index (χ1v) is 8.09. The minimum absolute atomic E-state index is 0.163. The van der Waals surface area contributed by atoms with Crippen LogP contribution >= 0.6 is 0 Å². The molecule has 0 bridgehead atoms. The number of hydrogen-bond donors (Lipinski definition) is 5. The molecule has 24 heavy (non-hydrogen) atoms. The van der Waals surface area contributed by atoms with Gasteiger partial charge in [-0.1, -0.05) is 18.2 Å². The second-order valence-electron chi connectivity index (χ2n) is 6.11. The molecule has 0 fully saturated rings. The van der Waals surface area contributed by atoms with Crippen LogP contribution in [0.15, 0.2) is 42.5 Å². The third-order valence-corrected chi connectivity index (χ3v) is 4.05. The molecule has 0 aliphatic heterocycles. The van der Waals surface area contributed by atoms with Crippen molar-refractivity contribution < 1.29 is 25.5 Å². The maximum Gasteiger partial charge on any atom is 0.157 e. The lowest BCUT2D eigenvalue weighted by Crippen LogP contribution is -2.19. The molecule has 0 aromatic heterocycles. The van der Waals surface area contributed by atoms with E-state index < -0.39 is 12.2 Å². The fourth-order valence-corrected chi connectivity index (χ4v) is 2.60. The predicted octanol–water partition coefficient (Wildman–Crippen LogP) is 2.48. The third kappa shape index (κ3) is 5.76. The first kappa shape index (κ1) is 18.1. The quantitative estimate of drug-likeness (QED) is 0.478. The molecule has 0 aliphatic rings. The summed E-state index contributed by atoms with van der Waals surface area (Å²) < 4.78 is 0. The van der Waals surface area contributed by atoms with Crippen LogP contribution in [0.1, 0.15) is 30.4 Å². The number of phenolic OH excluding ortho intramolecular Hbond substituents is 3. The van der Waals surface area contributed by atoms with Gasteiger partial charge in [0.15, 0.2) is 11.5 Å². The molecular formula is C19H24O5. The molecule has 0 radical (unpaired) electrons. The minimum atomic E-state index is -0.629. The van der Waals surface area contributed by atoms with Crippen LogP contribution in [0, 0.1) is 0 Å². The van der Waals surface area contributed by atoms with Crippen molar-refractivity contribution >= 4 is 0 Å². The van der Waals surface area contributed by atoms with Gasteiger partial charge in [-0.3, -0.25) is 0 Å². The van der Waals surface area contributed by atoms with Crippen LogP contribution in [-0.4, -0.2) is 37.7 Å². The normalized spacial score (nSPS) is 13.6. The largest absolute Gasteiger partial charge is 0.508 e. The molecule has 5 heteroatoms. The number of rotatable bonds is 8. The first-order valence-electron chi connectivity index (χ1n) is 8.09. The zero-order chi connectivity index (χ0) is 17.5. The van der Waals surface area contributed by atoms with Crippen molar-refractivity contribution in [3.05, 3.63) is 53.6 Å². The monoisotopic (exact) mass is 332 g/mol. The zero-order valence-corrected chi connectivity index (χ0v) is 13.5. The van der Waals surface area contributed by atoms with Crippen LogP contribution in [0.3, 0.4) is 0 Å². The molecule has 2 rings (SSSR count). The lowest BCUT2D eigenvalue weighted by molar-refractivity contribution is 0.0714. The molecule has 0 heterocycles. The molecule has 2 aromatic rings. The summed E-state index contributed by atoms with van der Waals surface area (Å²) >= 11 is 0. The van der Waals surface area contributed by atoms with Gasteiger partial charge < -0.3 is 25.5 Å². The Bertz CT molecular complexity index is 639. The average molecular weight is 332 g/mol.